The van der Waals surface area contributed by atoms with E-state index in [1.165, 1.54) is 25.7 Å². The summed E-state index contributed by atoms with van der Waals surface area (Å²) in [5, 5.41) is 8.35. The van der Waals surface area contributed by atoms with Crippen molar-refractivity contribution in [2.75, 3.05) is 18.0 Å². The van der Waals surface area contributed by atoms with Crippen molar-refractivity contribution in [2.24, 2.45) is 11.7 Å². The van der Waals surface area contributed by atoms with Crippen molar-refractivity contribution in [2.45, 2.75) is 39.2 Å². The molecule has 0 radical (unpaired) electrons. The van der Waals surface area contributed by atoms with Gasteiger partial charge in [-0.1, -0.05) is 19.8 Å². The molecule has 17 heavy (non-hydrogen) atoms. The first-order chi connectivity index (χ1) is 8.33. The third-order valence-electron chi connectivity index (χ3n) is 3.55. The van der Waals surface area contributed by atoms with Gasteiger partial charge in [0.1, 0.15) is 0 Å². The van der Waals surface area contributed by atoms with Crippen LogP contribution in [0.25, 0.3) is 0 Å². The number of nitrogens with two attached hydrogens (primary N) is 1. The number of aromatic nitrogens is 2. The predicted molar refractivity (Wildman–Crippen MR) is 69.8 cm³/mol. The highest BCUT2D eigenvalue weighted by Crippen LogP contribution is 2.24. The molecule has 1 saturated heterocycles. The van der Waals surface area contributed by atoms with Crippen LogP contribution in [0.1, 0.15) is 38.3 Å². The van der Waals surface area contributed by atoms with Gasteiger partial charge in [-0.05, 0) is 30.9 Å². The highest BCUT2D eigenvalue weighted by Gasteiger charge is 2.19. The quantitative estimate of drug-likeness (QED) is 0.865. The average molecular weight is 234 g/mol. The summed E-state index contributed by atoms with van der Waals surface area (Å²) < 4.78 is 0. The van der Waals surface area contributed by atoms with Crippen LogP contribution in [0.4, 0.5) is 5.82 Å². The Morgan fingerprint density at radius 1 is 1.29 bits per heavy atom. The zero-order chi connectivity index (χ0) is 12.1. The maximum absolute atomic E-state index is 5.51. The van der Waals surface area contributed by atoms with Crippen LogP contribution in [0.5, 0.6) is 0 Å². The van der Waals surface area contributed by atoms with Crippen LogP contribution in [0.15, 0.2) is 12.1 Å². The molecule has 2 heterocycles. The number of piperidine rings is 1. The van der Waals surface area contributed by atoms with Gasteiger partial charge in [0.2, 0.25) is 0 Å². The molecule has 0 bridgehead atoms. The summed E-state index contributed by atoms with van der Waals surface area (Å²) in [6.45, 7) is 4.96. The van der Waals surface area contributed by atoms with Crippen LogP contribution in [0, 0.1) is 5.92 Å². The van der Waals surface area contributed by atoms with E-state index in [9.17, 15) is 0 Å². The lowest BCUT2D eigenvalue weighted by molar-refractivity contribution is 0.377. The van der Waals surface area contributed by atoms with Crippen molar-refractivity contribution in [1.82, 2.24) is 10.2 Å². The molecule has 2 N–H and O–H groups in total. The highest BCUT2D eigenvalue weighted by atomic mass is 15.3. The van der Waals surface area contributed by atoms with Crippen LogP contribution in [-0.4, -0.2) is 23.3 Å². The molecule has 4 heteroatoms. The van der Waals surface area contributed by atoms with Gasteiger partial charge in [0.15, 0.2) is 5.82 Å². The molecule has 1 aromatic heterocycles. The van der Waals surface area contributed by atoms with E-state index in [4.69, 9.17) is 5.73 Å². The number of hydrogen-bond donors (Lipinski definition) is 1. The summed E-state index contributed by atoms with van der Waals surface area (Å²) in [5.74, 6) is 1.91. The SMILES string of the molecule is CCCC1CCN(c2ccc(CN)nn2)CC1. The third kappa shape index (κ3) is 3.16. The average Bonchev–Trinajstić information content (AvgIpc) is 2.40. The Hall–Kier alpha value is -1.16. The Kier molecular flexibility index (Phi) is 4.31. The second kappa shape index (κ2) is 5.96. The Morgan fingerprint density at radius 2 is 2.06 bits per heavy atom. The van der Waals surface area contributed by atoms with Crippen molar-refractivity contribution in [1.29, 1.82) is 0 Å². The molecule has 0 spiro atoms. The highest BCUT2D eigenvalue weighted by molar-refractivity contribution is 5.37. The van der Waals surface area contributed by atoms with Crippen molar-refractivity contribution in [3.05, 3.63) is 17.8 Å². The van der Waals surface area contributed by atoms with Gasteiger partial charge in [-0.3, -0.25) is 0 Å². The topological polar surface area (TPSA) is 55.0 Å². The van der Waals surface area contributed by atoms with Crippen molar-refractivity contribution >= 4 is 5.82 Å². The van der Waals surface area contributed by atoms with E-state index < -0.39 is 0 Å². The zero-order valence-corrected chi connectivity index (χ0v) is 10.6. The zero-order valence-electron chi connectivity index (χ0n) is 10.6. The van der Waals surface area contributed by atoms with Crippen LogP contribution in [-0.2, 0) is 6.54 Å². The second-order valence-corrected chi connectivity index (χ2v) is 4.81. The lowest BCUT2D eigenvalue weighted by atomic mass is 9.92. The van der Waals surface area contributed by atoms with E-state index in [2.05, 4.69) is 22.0 Å². The first-order valence-electron chi connectivity index (χ1n) is 6.61. The van der Waals surface area contributed by atoms with Gasteiger partial charge in [-0.2, -0.15) is 5.10 Å². The molecule has 0 aromatic carbocycles. The fourth-order valence-corrected chi connectivity index (χ4v) is 2.49. The van der Waals surface area contributed by atoms with E-state index in [0.717, 1.165) is 30.5 Å². The van der Waals surface area contributed by atoms with Crippen LogP contribution >= 0.6 is 0 Å². The van der Waals surface area contributed by atoms with Gasteiger partial charge in [-0.25, -0.2) is 0 Å². The second-order valence-electron chi connectivity index (χ2n) is 4.81. The van der Waals surface area contributed by atoms with E-state index in [1.807, 2.05) is 12.1 Å². The van der Waals surface area contributed by atoms with Crippen molar-refractivity contribution in [3.63, 3.8) is 0 Å². The van der Waals surface area contributed by atoms with E-state index in [1.54, 1.807) is 0 Å². The van der Waals surface area contributed by atoms with Crippen LogP contribution in [0.3, 0.4) is 0 Å². The number of rotatable bonds is 4. The summed E-state index contributed by atoms with van der Waals surface area (Å²) in [4.78, 5) is 2.33. The molecule has 0 atom stereocenters. The van der Waals surface area contributed by atoms with Crippen molar-refractivity contribution in [3.8, 4) is 0 Å². The summed E-state index contributed by atoms with van der Waals surface area (Å²) in [6, 6.07) is 4.01. The summed E-state index contributed by atoms with van der Waals surface area (Å²) >= 11 is 0. The maximum atomic E-state index is 5.51. The molecule has 0 amide bonds. The molecule has 0 unspecified atom stereocenters. The summed E-state index contributed by atoms with van der Waals surface area (Å²) in [7, 11) is 0. The molecule has 1 aliphatic heterocycles. The summed E-state index contributed by atoms with van der Waals surface area (Å²) in [5.41, 5.74) is 6.37. The minimum Gasteiger partial charge on any atom is -0.355 e. The molecular formula is C13H22N4. The van der Waals surface area contributed by atoms with Gasteiger partial charge in [-0.15, -0.1) is 5.10 Å². The molecule has 1 aromatic rings. The van der Waals surface area contributed by atoms with Crippen molar-refractivity contribution < 1.29 is 0 Å². The fraction of sp³-hybridized carbons (Fsp3) is 0.692. The largest absolute Gasteiger partial charge is 0.355 e. The molecule has 0 saturated carbocycles. The van der Waals surface area contributed by atoms with E-state index >= 15 is 0 Å². The van der Waals surface area contributed by atoms with Gasteiger partial charge >= 0.3 is 0 Å². The Morgan fingerprint density at radius 3 is 2.59 bits per heavy atom. The van der Waals surface area contributed by atoms with Crippen LogP contribution in [0.2, 0.25) is 0 Å². The molecular weight excluding hydrogens is 212 g/mol. The van der Waals surface area contributed by atoms with Crippen LogP contribution < -0.4 is 10.6 Å². The smallest absolute Gasteiger partial charge is 0.151 e. The molecule has 4 nitrogen and oxygen atoms in total. The van der Waals surface area contributed by atoms with Gasteiger partial charge in [0, 0.05) is 19.6 Å². The van der Waals surface area contributed by atoms with Gasteiger partial charge in [0.25, 0.3) is 0 Å². The van der Waals surface area contributed by atoms with E-state index in [0.29, 0.717) is 6.54 Å². The molecule has 1 fully saturated rings. The van der Waals surface area contributed by atoms with Gasteiger partial charge < -0.3 is 10.6 Å². The monoisotopic (exact) mass is 234 g/mol. The standard InChI is InChI=1S/C13H22N4/c1-2-3-11-6-8-17(9-7-11)13-5-4-12(10-14)15-16-13/h4-5,11H,2-3,6-10,14H2,1H3. The normalized spacial score (nSPS) is 17.4. The molecule has 0 aliphatic carbocycles. The minimum absolute atomic E-state index is 0.464. The molecule has 94 valence electrons. The Bertz CT molecular complexity index is 328. The molecule has 1 aliphatic rings. The third-order valence-corrected chi connectivity index (χ3v) is 3.55. The molecule has 2 rings (SSSR count). The number of anilines is 1. The maximum Gasteiger partial charge on any atom is 0.151 e. The first kappa shape index (κ1) is 12.3. The number of hydrogen-bond acceptors (Lipinski definition) is 4. The summed E-state index contributed by atoms with van der Waals surface area (Å²) in [6.07, 6.45) is 5.24. The van der Waals surface area contributed by atoms with E-state index in [-0.39, 0.29) is 0 Å². The van der Waals surface area contributed by atoms with Gasteiger partial charge in [0.05, 0.1) is 5.69 Å². The Labute approximate surface area is 103 Å². The first-order valence-corrected chi connectivity index (χ1v) is 6.61. The lowest BCUT2D eigenvalue weighted by Crippen LogP contribution is -2.34. The lowest BCUT2D eigenvalue weighted by Gasteiger charge is -2.32. The predicted octanol–water partition coefficient (Wildman–Crippen LogP) is 1.95. The fourth-order valence-electron chi connectivity index (χ4n) is 2.49. The Balaban J connectivity index is 1.91. The minimum atomic E-state index is 0.464. The number of nitrogens with zero attached hydrogens (tertiary/aromatic N) is 3.